The second-order valence-electron chi connectivity index (χ2n) is 3.93. The summed E-state index contributed by atoms with van der Waals surface area (Å²) in [6.45, 7) is 4.28. The van der Waals surface area contributed by atoms with Crippen molar-refractivity contribution in [2.45, 2.75) is 39.4 Å². The molecule has 1 unspecified atom stereocenters. The summed E-state index contributed by atoms with van der Waals surface area (Å²) in [5, 5.41) is 2.18. The molecule has 16 heavy (non-hydrogen) atoms. The molecule has 0 amide bonds. The van der Waals surface area contributed by atoms with E-state index in [0.717, 1.165) is 0 Å². The number of halogens is 3. The smallest absolute Gasteiger partial charge is 0.401 e. The molecule has 0 aromatic rings. The zero-order valence-corrected chi connectivity index (χ0v) is 9.73. The van der Waals surface area contributed by atoms with E-state index in [9.17, 15) is 18.0 Å². The van der Waals surface area contributed by atoms with Crippen molar-refractivity contribution in [3.63, 3.8) is 0 Å². The van der Waals surface area contributed by atoms with Crippen LogP contribution in [0, 0.1) is 5.92 Å². The molecule has 0 aliphatic heterocycles. The van der Waals surface area contributed by atoms with Gasteiger partial charge in [-0.2, -0.15) is 13.2 Å². The Balaban J connectivity index is 4.26. The van der Waals surface area contributed by atoms with Gasteiger partial charge in [-0.1, -0.05) is 13.8 Å². The van der Waals surface area contributed by atoms with Crippen LogP contribution in [-0.2, 0) is 9.53 Å². The summed E-state index contributed by atoms with van der Waals surface area (Å²) in [6.07, 6.45) is -3.99. The Morgan fingerprint density at radius 1 is 1.38 bits per heavy atom. The van der Waals surface area contributed by atoms with Gasteiger partial charge in [0.15, 0.2) is 0 Å². The molecule has 96 valence electrons. The van der Waals surface area contributed by atoms with E-state index in [1.807, 2.05) is 13.8 Å². The molecule has 0 radical (unpaired) electrons. The number of nitrogens with one attached hydrogen (secondary N) is 1. The van der Waals surface area contributed by atoms with Gasteiger partial charge in [0.1, 0.15) is 6.04 Å². The Labute approximate surface area is 93.3 Å². The van der Waals surface area contributed by atoms with Crippen molar-refractivity contribution in [2.75, 3.05) is 13.2 Å². The first-order valence-electron chi connectivity index (χ1n) is 5.23. The summed E-state index contributed by atoms with van der Waals surface area (Å²) in [5.41, 5.74) is 0. The van der Waals surface area contributed by atoms with Gasteiger partial charge in [0.2, 0.25) is 0 Å². The highest BCUT2D eigenvalue weighted by molar-refractivity contribution is 5.75. The van der Waals surface area contributed by atoms with E-state index in [2.05, 4.69) is 5.32 Å². The maximum atomic E-state index is 12.0. The number of hydrogen-bond acceptors (Lipinski definition) is 3. The van der Waals surface area contributed by atoms with Crippen molar-refractivity contribution < 1.29 is 22.7 Å². The average molecular weight is 241 g/mol. The van der Waals surface area contributed by atoms with Gasteiger partial charge in [-0.25, -0.2) is 0 Å². The van der Waals surface area contributed by atoms with Gasteiger partial charge in [-0.05, 0) is 19.3 Å². The number of hydrogen-bond donors (Lipinski definition) is 1. The van der Waals surface area contributed by atoms with Crippen molar-refractivity contribution in [3.05, 3.63) is 0 Å². The largest absolute Gasteiger partial charge is 0.465 e. The molecule has 0 rings (SSSR count). The lowest BCUT2D eigenvalue weighted by Gasteiger charge is -2.19. The standard InChI is InChI=1S/C10H18F3NO2/c1-4-16-9(15)8(5-7(2)3)14-6-10(11,12)13/h7-8,14H,4-6H2,1-3H3. The third-order valence-electron chi connectivity index (χ3n) is 1.83. The van der Waals surface area contributed by atoms with E-state index in [4.69, 9.17) is 4.74 Å². The molecule has 6 heteroatoms. The highest BCUT2D eigenvalue weighted by atomic mass is 19.4. The highest BCUT2D eigenvalue weighted by Gasteiger charge is 2.30. The molecule has 3 nitrogen and oxygen atoms in total. The third kappa shape index (κ3) is 7.50. The van der Waals surface area contributed by atoms with Gasteiger partial charge in [-0.3, -0.25) is 10.1 Å². The minimum Gasteiger partial charge on any atom is -0.465 e. The molecule has 0 spiro atoms. The second kappa shape index (κ2) is 6.73. The number of alkyl halides is 3. The fraction of sp³-hybridized carbons (Fsp3) is 0.900. The minimum absolute atomic E-state index is 0.120. The van der Waals surface area contributed by atoms with Crippen molar-refractivity contribution in [3.8, 4) is 0 Å². The van der Waals surface area contributed by atoms with Gasteiger partial charge >= 0.3 is 12.1 Å². The van der Waals surface area contributed by atoms with Gasteiger partial charge in [0.05, 0.1) is 13.2 Å². The Bertz CT molecular complexity index is 217. The first-order chi connectivity index (χ1) is 7.26. The molecular weight excluding hydrogens is 223 g/mol. The Hall–Kier alpha value is -0.780. The van der Waals surface area contributed by atoms with Crippen LogP contribution in [0.4, 0.5) is 13.2 Å². The molecule has 0 fully saturated rings. The van der Waals surface area contributed by atoms with Crippen LogP contribution < -0.4 is 5.32 Å². The molecule has 0 heterocycles. The lowest BCUT2D eigenvalue weighted by molar-refractivity contribution is -0.149. The average Bonchev–Trinajstić information content (AvgIpc) is 2.10. The molecule has 0 aromatic heterocycles. The molecule has 0 aliphatic carbocycles. The van der Waals surface area contributed by atoms with Gasteiger partial charge in [0, 0.05) is 0 Å². The number of rotatable bonds is 6. The van der Waals surface area contributed by atoms with E-state index in [-0.39, 0.29) is 12.5 Å². The first kappa shape index (κ1) is 15.2. The monoisotopic (exact) mass is 241 g/mol. The predicted octanol–water partition coefficient (Wildman–Crippen LogP) is 2.12. The van der Waals surface area contributed by atoms with Crippen LogP contribution in [0.2, 0.25) is 0 Å². The lowest BCUT2D eigenvalue weighted by atomic mass is 10.0. The fourth-order valence-electron chi connectivity index (χ4n) is 1.22. The molecular formula is C10H18F3NO2. The predicted molar refractivity (Wildman–Crippen MR) is 53.9 cm³/mol. The normalized spacial score (nSPS) is 13.9. The molecule has 0 aromatic carbocycles. The van der Waals surface area contributed by atoms with E-state index in [1.165, 1.54) is 0 Å². The molecule has 0 aliphatic rings. The number of esters is 1. The third-order valence-corrected chi connectivity index (χ3v) is 1.83. The summed E-state index contributed by atoms with van der Waals surface area (Å²) >= 11 is 0. The van der Waals surface area contributed by atoms with Gasteiger partial charge in [-0.15, -0.1) is 0 Å². The fourth-order valence-corrected chi connectivity index (χ4v) is 1.22. The first-order valence-corrected chi connectivity index (χ1v) is 5.23. The number of carbonyl (C=O) groups is 1. The van der Waals surface area contributed by atoms with E-state index < -0.39 is 24.7 Å². The number of ether oxygens (including phenoxy) is 1. The van der Waals surface area contributed by atoms with Crippen molar-refractivity contribution in [2.24, 2.45) is 5.92 Å². The second-order valence-corrected chi connectivity index (χ2v) is 3.93. The van der Waals surface area contributed by atoms with Crippen molar-refractivity contribution in [1.82, 2.24) is 5.32 Å². The van der Waals surface area contributed by atoms with Gasteiger partial charge < -0.3 is 4.74 Å². The quantitative estimate of drug-likeness (QED) is 0.724. The zero-order chi connectivity index (χ0) is 12.8. The topological polar surface area (TPSA) is 38.3 Å². The Morgan fingerprint density at radius 3 is 2.31 bits per heavy atom. The van der Waals surface area contributed by atoms with Crippen LogP contribution >= 0.6 is 0 Å². The molecule has 0 bridgehead atoms. The van der Waals surface area contributed by atoms with E-state index >= 15 is 0 Å². The lowest BCUT2D eigenvalue weighted by Crippen LogP contribution is -2.43. The SMILES string of the molecule is CCOC(=O)C(CC(C)C)NCC(F)(F)F. The Kier molecular flexibility index (Phi) is 6.40. The minimum atomic E-state index is -4.32. The van der Waals surface area contributed by atoms with Crippen LogP contribution in [-0.4, -0.2) is 31.3 Å². The molecule has 0 saturated heterocycles. The highest BCUT2D eigenvalue weighted by Crippen LogP contribution is 2.14. The van der Waals surface area contributed by atoms with Crippen LogP contribution in [0.25, 0.3) is 0 Å². The molecule has 1 atom stereocenters. The summed E-state index contributed by atoms with van der Waals surface area (Å²) in [6, 6.07) is -0.887. The van der Waals surface area contributed by atoms with E-state index in [0.29, 0.717) is 6.42 Å². The van der Waals surface area contributed by atoms with Crippen LogP contribution in [0.3, 0.4) is 0 Å². The van der Waals surface area contributed by atoms with E-state index in [1.54, 1.807) is 6.92 Å². The van der Waals surface area contributed by atoms with Crippen LogP contribution in [0.5, 0.6) is 0 Å². The zero-order valence-electron chi connectivity index (χ0n) is 9.73. The summed E-state index contributed by atoms with van der Waals surface area (Å²) in [5.74, 6) is -0.504. The van der Waals surface area contributed by atoms with Crippen LogP contribution in [0.1, 0.15) is 27.2 Å². The van der Waals surface area contributed by atoms with Gasteiger partial charge in [0.25, 0.3) is 0 Å². The molecule has 1 N–H and O–H groups in total. The number of carbonyl (C=O) groups excluding carboxylic acids is 1. The molecule has 0 saturated carbocycles. The maximum absolute atomic E-state index is 12.0. The summed E-state index contributed by atoms with van der Waals surface area (Å²) in [7, 11) is 0. The summed E-state index contributed by atoms with van der Waals surface area (Å²) in [4.78, 5) is 11.3. The summed E-state index contributed by atoms with van der Waals surface area (Å²) < 4.78 is 40.7. The van der Waals surface area contributed by atoms with Crippen molar-refractivity contribution >= 4 is 5.97 Å². The maximum Gasteiger partial charge on any atom is 0.401 e. The Morgan fingerprint density at radius 2 is 1.94 bits per heavy atom. The van der Waals surface area contributed by atoms with Crippen molar-refractivity contribution in [1.29, 1.82) is 0 Å². The van der Waals surface area contributed by atoms with Crippen LogP contribution in [0.15, 0.2) is 0 Å².